The Kier molecular flexibility index (Phi) is 9.95. The van der Waals surface area contributed by atoms with Crippen LogP contribution in [0.5, 0.6) is 0 Å². The first-order valence-electron chi connectivity index (χ1n) is 12.7. The number of thioether (sulfide) groups is 1. The van der Waals surface area contributed by atoms with Crippen molar-refractivity contribution >= 4 is 29.3 Å². The van der Waals surface area contributed by atoms with Gasteiger partial charge in [-0.3, -0.25) is 9.59 Å². The summed E-state index contributed by atoms with van der Waals surface area (Å²) < 4.78 is 13.0. The Morgan fingerprint density at radius 1 is 0.895 bits per heavy atom. The van der Waals surface area contributed by atoms with Crippen LogP contribution in [0.3, 0.4) is 0 Å². The molecular formula is C30H33NO6S. The highest BCUT2D eigenvalue weighted by Gasteiger charge is 2.38. The molecule has 1 heterocycles. The molecule has 1 fully saturated rings. The molecule has 0 spiro atoms. The molecule has 0 saturated carbocycles. The van der Waals surface area contributed by atoms with E-state index < -0.39 is 12.3 Å². The Hall–Kier alpha value is -3.17. The quantitative estimate of drug-likeness (QED) is 0.260. The minimum Gasteiger partial charge on any atom is -0.481 e. The molecular weight excluding hydrogens is 502 g/mol. The monoisotopic (exact) mass is 535 g/mol. The molecule has 7 nitrogen and oxygen atoms in total. The normalized spacial score (nSPS) is 21.1. The SMILES string of the molecule is C[C@@H]1[C@H](CSc2ccccc2)O[C@H](c2ccc(NC(=O)CCCC(=O)O)cc2)O[C@@H]1c1ccc(CO)cc1. The van der Waals surface area contributed by atoms with Crippen LogP contribution in [0, 0.1) is 5.92 Å². The van der Waals surface area contributed by atoms with Gasteiger partial charge in [0.1, 0.15) is 0 Å². The fraction of sp³-hybridized carbons (Fsp3) is 0.333. The number of nitrogens with one attached hydrogen (secondary N) is 1. The van der Waals surface area contributed by atoms with Crippen molar-refractivity contribution in [2.75, 3.05) is 11.1 Å². The van der Waals surface area contributed by atoms with E-state index in [9.17, 15) is 14.7 Å². The van der Waals surface area contributed by atoms with Crippen molar-refractivity contribution in [3.63, 3.8) is 0 Å². The maximum Gasteiger partial charge on any atom is 0.303 e. The lowest BCUT2D eigenvalue weighted by Gasteiger charge is -2.41. The summed E-state index contributed by atoms with van der Waals surface area (Å²) in [7, 11) is 0. The van der Waals surface area contributed by atoms with Crippen molar-refractivity contribution in [1.82, 2.24) is 0 Å². The molecule has 0 radical (unpaired) electrons. The van der Waals surface area contributed by atoms with Gasteiger partial charge in [0.15, 0.2) is 6.29 Å². The molecule has 0 unspecified atom stereocenters. The number of carboxylic acid groups (broad SMARTS) is 1. The third kappa shape index (κ3) is 7.68. The van der Waals surface area contributed by atoms with E-state index in [1.807, 2.05) is 54.6 Å². The molecule has 0 aromatic heterocycles. The molecule has 3 N–H and O–H groups in total. The summed E-state index contributed by atoms with van der Waals surface area (Å²) in [5.74, 6) is -0.276. The van der Waals surface area contributed by atoms with Gasteiger partial charge < -0.3 is 25.0 Å². The van der Waals surface area contributed by atoms with Crippen molar-refractivity contribution in [1.29, 1.82) is 0 Å². The molecule has 1 aliphatic heterocycles. The summed E-state index contributed by atoms with van der Waals surface area (Å²) >= 11 is 1.75. The van der Waals surface area contributed by atoms with Crippen LogP contribution in [-0.4, -0.2) is 33.9 Å². The van der Waals surface area contributed by atoms with E-state index in [-0.39, 0.29) is 43.5 Å². The number of aliphatic carboxylic acids is 1. The molecule has 200 valence electrons. The molecule has 3 aromatic rings. The Labute approximate surface area is 227 Å². The fourth-order valence-electron chi connectivity index (χ4n) is 4.35. The lowest BCUT2D eigenvalue weighted by molar-refractivity contribution is -0.268. The molecule has 1 aliphatic rings. The number of carbonyl (C=O) groups excluding carboxylic acids is 1. The van der Waals surface area contributed by atoms with Crippen LogP contribution in [-0.2, 0) is 25.7 Å². The summed E-state index contributed by atoms with van der Waals surface area (Å²) in [5.41, 5.74) is 3.35. The van der Waals surface area contributed by atoms with Crippen LogP contribution >= 0.6 is 11.8 Å². The summed E-state index contributed by atoms with van der Waals surface area (Å²) in [5, 5.41) is 21.0. The van der Waals surface area contributed by atoms with Gasteiger partial charge in [-0.25, -0.2) is 0 Å². The second kappa shape index (κ2) is 13.6. The summed E-state index contributed by atoms with van der Waals surface area (Å²) in [6.45, 7) is 2.13. The van der Waals surface area contributed by atoms with Gasteiger partial charge in [0.05, 0.1) is 18.8 Å². The summed E-state index contributed by atoms with van der Waals surface area (Å²) in [4.78, 5) is 24.0. The van der Waals surface area contributed by atoms with Crippen molar-refractivity contribution in [2.24, 2.45) is 5.92 Å². The van der Waals surface area contributed by atoms with Crippen LogP contribution < -0.4 is 5.32 Å². The fourth-order valence-corrected chi connectivity index (χ4v) is 5.44. The predicted octanol–water partition coefficient (Wildman–Crippen LogP) is 5.96. The maximum absolute atomic E-state index is 12.1. The van der Waals surface area contributed by atoms with E-state index in [1.54, 1.807) is 23.9 Å². The van der Waals surface area contributed by atoms with Gasteiger partial charge in [0.2, 0.25) is 5.91 Å². The Morgan fingerprint density at radius 3 is 2.24 bits per heavy atom. The molecule has 8 heteroatoms. The first-order valence-corrected chi connectivity index (χ1v) is 13.7. The minimum atomic E-state index is -0.910. The molecule has 4 rings (SSSR count). The lowest BCUT2D eigenvalue weighted by Crippen LogP contribution is -2.38. The zero-order chi connectivity index (χ0) is 26.9. The maximum atomic E-state index is 12.1. The van der Waals surface area contributed by atoms with E-state index in [4.69, 9.17) is 14.6 Å². The van der Waals surface area contributed by atoms with E-state index in [0.717, 1.165) is 22.4 Å². The first kappa shape index (κ1) is 27.9. The van der Waals surface area contributed by atoms with Gasteiger partial charge in [0.25, 0.3) is 0 Å². The highest BCUT2D eigenvalue weighted by atomic mass is 32.2. The number of benzene rings is 3. The topological polar surface area (TPSA) is 105 Å². The van der Waals surface area contributed by atoms with E-state index in [2.05, 4.69) is 24.4 Å². The van der Waals surface area contributed by atoms with Gasteiger partial charge >= 0.3 is 5.97 Å². The van der Waals surface area contributed by atoms with Crippen LogP contribution in [0.2, 0.25) is 0 Å². The largest absolute Gasteiger partial charge is 0.481 e. The standard InChI is InChI=1S/C30H33NO6S/c1-20-26(19-38-25-6-3-2-4-7-25)36-30(37-29(20)22-12-10-21(18-32)11-13-22)23-14-16-24(17-15-23)31-27(33)8-5-9-28(34)35/h2-4,6-7,10-17,20,26,29-30,32H,5,8-9,18-19H2,1H3,(H,31,33)(H,34,35)/t20-,26+,29+,30+/m1/s1. The van der Waals surface area contributed by atoms with E-state index >= 15 is 0 Å². The van der Waals surface area contributed by atoms with Crippen LogP contribution in [0.15, 0.2) is 83.8 Å². The number of anilines is 1. The Bertz CT molecular complexity index is 1190. The molecule has 0 bridgehead atoms. The average Bonchev–Trinajstić information content (AvgIpc) is 2.93. The molecule has 3 aromatic carbocycles. The molecule has 38 heavy (non-hydrogen) atoms. The van der Waals surface area contributed by atoms with Gasteiger partial charge in [-0.05, 0) is 41.8 Å². The number of carboxylic acids is 1. The number of aliphatic hydroxyl groups excluding tert-OH is 1. The van der Waals surface area contributed by atoms with E-state index in [0.29, 0.717) is 12.1 Å². The molecule has 1 saturated heterocycles. The Balaban J connectivity index is 1.47. The number of ether oxygens (including phenoxy) is 2. The zero-order valence-electron chi connectivity index (χ0n) is 21.3. The zero-order valence-corrected chi connectivity index (χ0v) is 22.1. The number of rotatable bonds is 11. The van der Waals surface area contributed by atoms with Gasteiger partial charge in [-0.2, -0.15) is 0 Å². The van der Waals surface area contributed by atoms with Crippen molar-refractivity contribution < 1.29 is 29.3 Å². The Morgan fingerprint density at radius 2 is 1.58 bits per heavy atom. The number of amides is 1. The third-order valence-electron chi connectivity index (χ3n) is 6.54. The smallest absolute Gasteiger partial charge is 0.303 e. The number of carbonyl (C=O) groups is 2. The number of aliphatic hydroxyl groups is 1. The van der Waals surface area contributed by atoms with Crippen LogP contribution in [0.4, 0.5) is 5.69 Å². The van der Waals surface area contributed by atoms with Crippen molar-refractivity contribution in [3.05, 3.63) is 95.6 Å². The summed E-state index contributed by atoms with van der Waals surface area (Å²) in [6.07, 6.45) is -0.445. The van der Waals surface area contributed by atoms with Gasteiger partial charge in [-0.1, -0.05) is 61.5 Å². The average molecular weight is 536 g/mol. The number of hydrogen-bond acceptors (Lipinski definition) is 6. The summed E-state index contributed by atoms with van der Waals surface area (Å²) in [6, 6.07) is 25.4. The minimum absolute atomic E-state index is 0.00806. The lowest BCUT2D eigenvalue weighted by atomic mass is 9.91. The van der Waals surface area contributed by atoms with Crippen molar-refractivity contribution in [2.45, 2.75) is 56.2 Å². The van der Waals surface area contributed by atoms with Crippen LogP contribution in [0.1, 0.15) is 55.3 Å². The second-order valence-corrected chi connectivity index (χ2v) is 10.5. The highest BCUT2D eigenvalue weighted by molar-refractivity contribution is 7.99. The van der Waals surface area contributed by atoms with Gasteiger partial charge in [-0.15, -0.1) is 11.8 Å². The molecule has 1 amide bonds. The highest BCUT2D eigenvalue weighted by Crippen LogP contribution is 2.43. The number of hydrogen-bond donors (Lipinski definition) is 3. The van der Waals surface area contributed by atoms with Gasteiger partial charge in [0, 0.05) is 40.7 Å². The first-order chi connectivity index (χ1) is 18.4. The predicted molar refractivity (Wildman–Crippen MR) is 147 cm³/mol. The third-order valence-corrected chi connectivity index (χ3v) is 7.64. The van der Waals surface area contributed by atoms with Crippen molar-refractivity contribution in [3.8, 4) is 0 Å². The van der Waals surface area contributed by atoms with E-state index in [1.165, 1.54) is 4.90 Å². The molecule has 4 atom stereocenters. The van der Waals surface area contributed by atoms with Crippen LogP contribution in [0.25, 0.3) is 0 Å². The molecule has 0 aliphatic carbocycles. The second-order valence-electron chi connectivity index (χ2n) is 9.36.